The lowest BCUT2D eigenvalue weighted by Crippen LogP contribution is -2.45. The highest BCUT2D eigenvalue weighted by molar-refractivity contribution is 7.11. The van der Waals surface area contributed by atoms with Crippen LogP contribution in [0.5, 0.6) is 0 Å². The van der Waals surface area contributed by atoms with Gasteiger partial charge in [-0.05, 0) is 12.8 Å². The van der Waals surface area contributed by atoms with E-state index >= 15 is 0 Å². The third-order valence-corrected chi connectivity index (χ3v) is 4.29. The van der Waals surface area contributed by atoms with Gasteiger partial charge in [0.15, 0.2) is 0 Å². The zero-order valence-corrected chi connectivity index (χ0v) is 12.7. The molecule has 7 nitrogen and oxygen atoms in total. The quantitative estimate of drug-likeness (QED) is 0.896. The number of aromatic amines is 1. The number of rotatable bonds is 4. The molecule has 3 rings (SSSR count). The highest BCUT2D eigenvalue weighted by Crippen LogP contribution is 2.16. The van der Waals surface area contributed by atoms with Gasteiger partial charge in [-0.15, -0.1) is 11.3 Å². The number of amides is 1. The first kappa shape index (κ1) is 14.9. The summed E-state index contributed by atoms with van der Waals surface area (Å²) in [5.74, 6) is 0.00470. The zero-order valence-electron chi connectivity index (χ0n) is 11.9. The molecule has 1 aliphatic rings. The van der Waals surface area contributed by atoms with Crippen LogP contribution in [0.3, 0.4) is 0 Å². The average molecular weight is 320 g/mol. The molecule has 1 saturated heterocycles. The van der Waals surface area contributed by atoms with Gasteiger partial charge in [0.05, 0.1) is 30.7 Å². The molecule has 22 heavy (non-hydrogen) atoms. The standard InChI is InChI=1S/C14H16N4O3S/c19-13-5-10(16-8-17-13)1-2-11-7-18(3-4-21-11)14(20)12-6-15-9-22-12/h5-6,8-9,11H,1-4,7H2,(H,16,17,19)/t11-/m0/s1. The minimum absolute atomic E-state index is 0.00470. The molecule has 1 atom stereocenters. The number of nitrogens with zero attached hydrogens (tertiary/aromatic N) is 3. The topological polar surface area (TPSA) is 88.2 Å². The summed E-state index contributed by atoms with van der Waals surface area (Å²) in [6.45, 7) is 1.68. The summed E-state index contributed by atoms with van der Waals surface area (Å²) in [5, 5.41) is 0. The van der Waals surface area contributed by atoms with Gasteiger partial charge in [0, 0.05) is 24.8 Å². The van der Waals surface area contributed by atoms with Crippen LogP contribution in [-0.4, -0.2) is 51.6 Å². The molecule has 0 saturated carbocycles. The smallest absolute Gasteiger partial charge is 0.265 e. The predicted octanol–water partition coefficient (Wildman–Crippen LogP) is 0.700. The van der Waals surface area contributed by atoms with Crippen molar-refractivity contribution in [2.24, 2.45) is 0 Å². The SMILES string of the molecule is O=C(c1cncs1)N1CCO[C@@H](CCc2cc(=O)[nH]cn2)C1. The molecule has 1 N–H and O–H groups in total. The lowest BCUT2D eigenvalue weighted by molar-refractivity contribution is -0.0245. The van der Waals surface area contributed by atoms with Crippen LogP contribution in [0.15, 0.2) is 28.9 Å². The molecule has 1 amide bonds. The van der Waals surface area contributed by atoms with Gasteiger partial charge in [-0.2, -0.15) is 0 Å². The molecule has 3 heterocycles. The number of carbonyl (C=O) groups excluding carboxylic acids is 1. The van der Waals surface area contributed by atoms with Crippen LogP contribution in [0, 0.1) is 0 Å². The molecule has 0 bridgehead atoms. The van der Waals surface area contributed by atoms with E-state index in [-0.39, 0.29) is 17.6 Å². The van der Waals surface area contributed by atoms with Crippen LogP contribution in [-0.2, 0) is 11.2 Å². The Bertz CT molecular complexity index is 685. The third kappa shape index (κ3) is 3.58. The van der Waals surface area contributed by atoms with Crippen molar-refractivity contribution in [3.63, 3.8) is 0 Å². The Morgan fingerprint density at radius 2 is 2.45 bits per heavy atom. The van der Waals surface area contributed by atoms with E-state index < -0.39 is 0 Å². The molecule has 116 valence electrons. The molecule has 8 heteroatoms. The maximum Gasteiger partial charge on any atom is 0.265 e. The number of aromatic nitrogens is 3. The molecule has 1 fully saturated rings. The Hall–Kier alpha value is -2.06. The van der Waals surface area contributed by atoms with E-state index in [0.717, 1.165) is 12.1 Å². The summed E-state index contributed by atoms with van der Waals surface area (Å²) in [4.78, 5) is 36.5. The van der Waals surface area contributed by atoms with Crippen molar-refractivity contribution in [2.75, 3.05) is 19.7 Å². The van der Waals surface area contributed by atoms with Crippen molar-refractivity contribution in [2.45, 2.75) is 18.9 Å². The van der Waals surface area contributed by atoms with Gasteiger partial charge in [-0.1, -0.05) is 0 Å². The first-order valence-electron chi connectivity index (χ1n) is 7.05. The van der Waals surface area contributed by atoms with Crippen LogP contribution in [0.25, 0.3) is 0 Å². The van der Waals surface area contributed by atoms with Crippen molar-refractivity contribution in [3.8, 4) is 0 Å². The monoisotopic (exact) mass is 320 g/mol. The Balaban J connectivity index is 1.56. The molecule has 0 spiro atoms. The normalized spacial score (nSPS) is 18.4. The lowest BCUT2D eigenvalue weighted by Gasteiger charge is -2.32. The summed E-state index contributed by atoms with van der Waals surface area (Å²) < 4.78 is 5.71. The molecule has 0 unspecified atom stereocenters. The number of hydrogen-bond donors (Lipinski definition) is 1. The number of nitrogens with one attached hydrogen (secondary N) is 1. The van der Waals surface area contributed by atoms with Crippen molar-refractivity contribution in [1.29, 1.82) is 0 Å². The van der Waals surface area contributed by atoms with Crippen LogP contribution in [0.4, 0.5) is 0 Å². The van der Waals surface area contributed by atoms with Crippen LogP contribution in [0.2, 0.25) is 0 Å². The largest absolute Gasteiger partial charge is 0.375 e. The number of carbonyl (C=O) groups is 1. The minimum atomic E-state index is -0.156. The van der Waals surface area contributed by atoms with E-state index in [1.165, 1.54) is 23.7 Å². The van der Waals surface area contributed by atoms with Crippen LogP contribution >= 0.6 is 11.3 Å². The fourth-order valence-electron chi connectivity index (χ4n) is 2.41. The second-order valence-corrected chi connectivity index (χ2v) is 5.94. The molecule has 1 aliphatic heterocycles. The third-order valence-electron chi connectivity index (χ3n) is 3.53. The fraction of sp³-hybridized carbons (Fsp3) is 0.429. The first-order chi connectivity index (χ1) is 10.7. The summed E-state index contributed by atoms with van der Waals surface area (Å²) in [6, 6.07) is 1.49. The maximum absolute atomic E-state index is 12.3. The number of aryl methyl sites for hydroxylation is 1. The molecule has 0 aliphatic carbocycles. The van der Waals surface area contributed by atoms with Crippen LogP contribution in [0.1, 0.15) is 21.8 Å². The summed E-state index contributed by atoms with van der Waals surface area (Å²) >= 11 is 1.35. The first-order valence-corrected chi connectivity index (χ1v) is 7.93. The van der Waals surface area contributed by atoms with E-state index in [4.69, 9.17) is 4.74 Å². The van der Waals surface area contributed by atoms with E-state index in [1.807, 2.05) is 0 Å². The van der Waals surface area contributed by atoms with E-state index in [9.17, 15) is 9.59 Å². The average Bonchev–Trinajstić information content (AvgIpc) is 3.07. The summed E-state index contributed by atoms with van der Waals surface area (Å²) in [5.41, 5.74) is 2.24. The molecule has 0 aromatic carbocycles. The van der Waals surface area contributed by atoms with Crippen molar-refractivity contribution in [3.05, 3.63) is 45.0 Å². The van der Waals surface area contributed by atoms with Gasteiger partial charge in [-0.25, -0.2) is 4.98 Å². The minimum Gasteiger partial charge on any atom is -0.375 e. The van der Waals surface area contributed by atoms with Gasteiger partial charge in [0.1, 0.15) is 4.88 Å². The zero-order chi connectivity index (χ0) is 15.4. The highest BCUT2D eigenvalue weighted by Gasteiger charge is 2.25. The van der Waals surface area contributed by atoms with Crippen molar-refractivity contribution < 1.29 is 9.53 Å². The van der Waals surface area contributed by atoms with Gasteiger partial charge >= 0.3 is 0 Å². The van der Waals surface area contributed by atoms with Gasteiger partial charge in [-0.3, -0.25) is 14.6 Å². The Kier molecular flexibility index (Phi) is 4.59. The van der Waals surface area contributed by atoms with E-state index in [2.05, 4.69) is 15.0 Å². The number of ether oxygens (including phenoxy) is 1. The molecular formula is C14H16N4O3S. The number of H-pyrrole nitrogens is 1. The van der Waals surface area contributed by atoms with Gasteiger partial charge in [0.2, 0.25) is 0 Å². The fourth-order valence-corrected chi connectivity index (χ4v) is 3.00. The van der Waals surface area contributed by atoms with Crippen LogP contribution < -0.4 is 5.56 Å². The van der Waals surface area contributed by atoms with Gasteiger partial charge < -0.3 is 14.6 Å². The second kappa shape index (κ2) is 6.80. The molecular weight excluding hydrogens is 304 g/mol. The maximum atomic E-state index is 12.3. The Labute approximate surface area is 131 Å². The van der Waals surface area contributed by atoms with Crippen molar-refractivity contribution in [1.82, 2.24) is 19.9 Å². The lowest BCUT2D eigenvalue weighted by atomic mass is 10.1. The molecule has 2 aromatic heterocycles. The highest BCUT2D eigenvalue weighted by atomic mass is 32.1. The summed E-state index contributed by atoms with van der Waals surface area (Å²) in [6.07, 6.45) is 4.34. The number of morpholine rings is 1. The molecule has 0 radical (unpaired) electrons. The number of thiazole rings is 1. The predicted molar refractivity (Wildman–Crippen MR) is 80.9 cm³/mol. The second-order valence-electron chi connectivity index (χ2n) is 5.05. The number of hydrogen-bond acceptors (Lipinski definition) is 6. The summed E-state index contributed by atoms with van der Waals surface area (Å²) in [7, 11) is 0. The van der Waals surface area contributed by atoms with E-state index in [1.54, 1.807) is 16.6 Å². The van der Waals surface area contributed by atoms with Crippen molar-refractivity contribution >= 4 is 17.2 Å². The van der Waals surface area contributed by atoms with E-state index in [0.29, 0.717) is 31.0 Å². The van der Waals surface area contributed by atoms with Gasteiger partial charge in [0.25, 0.3) is 11.5 Å². The molecule has 2 aromatic rings. The Morgan fingerprint density at radius 3 is 3.23 bits per heavy atom. The Morgan fingerprint density at radius 1 is 1.55 bits per heavy atom.